The zero-order chi connectivity index (χ0) is 23.6. The second kappa shape index (κ2) is 9.20. The highest BCUT2D eigenvalue weighted by molar-refractivity contribution is 6.14. The molecule has 0 fully saturated rings. The van der Waals surface area contributed by atoms with Gasteiger partial charge in [-0.2, -0.15) is 0 Å². The number of fused-ring (bicyclic) bond motifs is 2. The number of aromatic amines is 1. The van der Waals surface area contributed by atoms with E-state index in [-0.39, 0.29) is 5.91 Å². The van der Waals surface area contributed by atoms with Gasteiger partial charge in [-0.05, 0) is 45.7 Å². The minimum absolute atomic E-state index is 0.0406. The van der Waals surface area contributed by atoms with Crippen molar-refractivity contribution < 1.29 is 4.79 Å². The van der Waals surface area contributed by atoms with Crippen LogP contribution in [0.2, 0.25) is 0 Å². The Labute approximate surface area is 204 Å². The molecular weight excluding hydrogens is 432 g/mol. The standard InChI is InChI=1S/C30H26N4O/c35-30(28-12-6-10-23-9-4-5-11-27(23)28)34-16-15-33(20-26-18-31-21-32-26)19-25-17-24(13-14-29(25)34)22-7-2-1-3-8-22/h1-14,17-18,21H,15-16,19-20H2,(H,31,32). The fraction of sp³-hybridized carbons (Fsp3) is 0.133. The van der Waals surface area contributed by atoms with E-state index in [2.05, 4.69) is 69.5 Å². The molecule has 0 radical (unpaired) electrons. The van der Waals surface area contributed by atoms with Crippen LogP contribution < -0.4 is 4.90 Å². The number of aromatic nitrogens is 2. The van der Waals surface area contributed by atoms with E-state index < -0.39 is 0 Å². The average Bonchev–Trinajstić information content (AvgIpc) is 3.35. The molecule has 1 aliphatic heterocycles. The Kier molecular flexibility index (Phi) is 5.60. The molecule has 0 aliphatic carbocycles. The summed E-state index contributed by atoms with van der Waals surface area (Å²) in [5.74, 6) is 0.0406. The molecule has 5 nitrogen and oxygen atoms in total. The van der Waals surface area contributed by atoms with Crippen LogP contribution in [0.4, 0.5) is 5.69 Å². The van der Waals surface area contributed by atoms with Gasteiger partial charge in [-0.3, -0.25) is 9.69 Å². The zero-order valence-electron chi connectivity index (χ0n) is 19.4. The summed E-state index contributed by atoms with van der Waals surface area (Å²) in [6, 6.07) is 30.9. The molecule has 1 aliphatic rings. The van der Waals surface area contributed by atoms with E-state index in [1.165, 1.54) is 5.56 Å². The number of hydrogen-bond donors (Lipinski definition) is 1. The Morgan fingerprint density at radius 1 is 0.857 bits per heavy atom. The summed E-state index contributed by atoms with van der Waals surface area (Å²) in [7, 11) is 0. The summed E-state index contributed by atoms with van der Waals surface area (Å²) in [4.78, 5) is 25.7. The molecule has 5 aromatic rings. The van der Waals surface area contributed by atoms with Crippen LogP contribution in [0.15, 0.2) is 104 Å². The lowest BCUT2D eigenvalue weighted by Gasteiger charge is -2.24. The van der Waals surface area contributed by atoms with Crippen molar-refractivity contribution in [3.05, 3.63) is 120 Å². The Morgan fingerprint density at radius 3 is 2.54 bits per heavy atom. The fourth-order valence-corrected chi connectivity index (χ4v) is 4.98. The predicted molar refractivity (Wildman–Crippen MR) is 140 cm³/mol. The summed E-state index contributed by atoms with van der Waals surface area (Å²) >= 11 is 0. The third-order valence-electron chi connectivity index (χ3n) is 6.73. The largest absolute Gasteiger partial charge is 0.347 e. The monoisotopic (exact) mass is 458 g/mol. The third kappa shape index (κ3) is 4.22. The van der Waals surface area contributed by atoms with E-state index in [0.717, 1.165) is 58.5 Å². The Balaban J connectivity index is 1.42. The van der Waals surface area contributed by atoms with Crippen LogP contribution in [0.1, 0.15) is 21.6 Å². The van der Waals surface area contributed by atoms with Crippen molar-refractivity contribution in [2.75, 3.05) is 18.0 Å². The second-order valence-corrected chi connectivity index (χ2v) is 8.98. The van der Waals surface area contributed by atoms with Gasteiger partial charge in [-0.25, -0.2) is 4.98 Å². The molecule has 2 heterocycles. The number of anilines is 1. The second-order valence-electron chi connectivity index (χ2n) is 8.98. The van der Waals surface area contributed by atoms with Crippen molar-refractivity contribution >= 4 is 22.4 Å². The molecular formula is C30H26N4O. The first-order chi connectivity index (χ1) is 17.3. The maximum atomic E-state index is 14.0. The van der Waals surface area contributed by atoms with Crippen molar-refractivity contribution in [1.82, 2.24) is 14.9 Å². The number of nitrogens with one attached hydrogen (secondary N) is 1. The van der Waals surface area contributed by atoms with Gasteiger partial charge in [0.15, 0.2) is 0 Å². The zero-order valence-corrected chi connectivity index (χ0v) is 19.4. The highest BCUT2D eigenvalue weighted by Crippen LogP contribution is 2.32. The van der Waals surface area contributed by atoms with Crippen LogP contribution in [-0.2, 0) is 13.1 Å². The van der Waals surface area contributed by atoms with Crippen molar-refractivity contribution in [2.24, 2.45) is 0 Å². The maximum absolute atomic E-state index is 14.0. The summed E-state index contributed by atoms with van der Waals surface area (Å²) in [6.07, 6.45) is 3.58. The Hall–Kier alpha value is -4.22. The van der Waals surface area contributed by atoms with Crippen molar-refractivity contribution in [2.45, 2.75) is 13.1 Å². The molecule has 172 valence electrons. The molecule has 0 atom stereocenters. The molecule has 1 aromatic heterocycles. The van der Waals surface area contributed by atoms with Crippen LogP contribution >= 0.6 is 0 Å². The van der Waals surface area contributed by atoms with Gasteiger partial charge in [0.25, 0.3) is 5.91 Å². The highest BCUT2D eigenvalue weighted by atomic mass is 16.2. The summed E-state index contributed by atoms with van der Waals surface area (Å²) < 4.78 is 0. The van der Waals surface area contributed by atoms with E-state index in [0.29, 0.717) is 6.54 Å². The predicted octanol–water partition coefficient (Wildman–Crippen LogP) is 5.89. The highest BCUT2D eigenvalue weighted by Gasteiger charge is 2.26. The van der Waals surface area contributed by atoms with Crippen molar-refractivity contribution in [3.8, 4) is 11.1 Å². The summed E-state index contributed by atoms with van der Waals surface area (Å²) in [6.45, 7) is 2.90. The lowest BCUT2D eigenvalue weighted by Crippen LogP contribution is -2.36. The van der Waals surface area contributed by atoms with Crippen LogP contribution in [0.25, 0.3) is 21.9 Å². The number of amides is 1. The van der Waals surface area contributed by atoms with Crippen LogP contribution in [0.3, 0.4) is 0 Å². The average molecular weight is 459 g/mol. The van der Waals surface area contributed by atoms with Crippen LogP contribution in [0.5, 0.6) is 0 Å². The molecule has 1 amide bonds. The van der Waals surface area contributed by atoms with Gasteiger partial charge in [0, 0.05) is 49.3 Å². The summed E-state index contributed by atoms with van der Waals surface area (Å²) in [5.41, 5.74) is 6.27. The Morgan fingerprint density at radius 2 is 1.69 bits per heavy atom. The fourth-order valence-electron chi connectivity index (χ4n) is 4.98. The smallest absolute Gasteiger partial charge is 0.258 e. The first-order valence-electron chi connectivity index (χ1n) is 11.9. The van der Waals surface area contributed by atoms with Crippen molar-refractivity contribution in [3.63, 3.8) is 0 Å². The SMILES string of the molecule is O=C(c1cccc2ccccc12)N1CCN(Cc2cnc[nH]2)Cc2cc(-c3ccccc3)ccc21. The van der Waals surface area contributed by atoms with Gasteiger partial charge in [-0.15, -0.1) is 0 Å². The quantitative estimate of drug-likeness (QED) is 0.365. The number of hydrogen-bond acceptors (Lipinski definition) is 3. The van der Waals surface area contributed by atoms with Gasteiger partial charge in [0.1, 0.15) is 0 Å². The van der Waals surface area contributed by atoms with E-state index in [9.17, 15) is 4.79 Å². The van der Waals surface area contributed by atoms with E-state index in [1.54, 1.807) is 6.33 Å². The minimum atomic E-state index is 0.0406. The Bertz CT molecular complexity index is 1470. The molecule has 4 aromatic carbocycles. The van der Waals surface area contributed by atoms with Crippen LogP contribution in [0, 0.1) is 0 Å². The number of rotatable bonds is 4. The molecule has 0 saturated heterocycles. The normalized spacial score (nSPS) is 14.0. The molecule has 1 N–H and O–H groups in total. The lowest BCUT2D eigenvalue weighted by molar-refractivity contribution is 0.0986. The molecule has 0 spiro atoms. The van der Waals surface area contributed by atoms with Gasteiger partial charge in [0.2, 0.25) is 0 Å². The van der Waals surface area contributed by atoms with Gasteiger partial charge >= 0.3 is 0 Å². The van der Waals surface area contributed by atoms with Gasteiger partial charge in [0.05, 0.1) is 6.33 Å². The van der Waals surface area contributed by atoms with Crippen LogP contribution in [-0.4, -0.2) is 33.9 Å². The lowest BCUT2D eigenvalue weighted by atomic mass is 10.00. The molecule has 0 unspecified atom stereocenters. The number of H-pyrrole nitrogens is 1. The van der Waals surface area contributed by atoms with Gasteiger partial charge < -0.3 is 9.88 Å². The number of nitrogens with zero attached hydrogens (tertiary/aromatic N) is 3. The number of imidazole rings is 1. The van der Waals surface area contributed by atoms with Gasteiger partial charge in [-0.1, -0.05) is 72.8 Å². The molecule has 0 saturated carbocycles. The number of carbonyl (C=O) groups excluding carboxylic acids is 1. The summed E-state index contributed by atoms with van der Waals surface area (Å²) in [5, 5.41) is 2.06. The third-order valence-corrected chi connectivity index (χ3v) is 6.73. The molecule has 35 heavy (non-hydrogen) atoms. The number of carbonyl (C=O) groups is 1. The van der Waals surface area contributed by atoms with E-state index in [1.807, 2.05) is 47.5 Å². The maximum Gasteiger partial charge on any atom is 0.258 e. The first-order valence-corrected chi connectivity index (χ1v) is 11.9. The molecule has 0 bridgehead atoms. The van der Waals surface area contributed by atoms with Crippen molar-refractivity contribution in [1.29, 1.82) is 0 Å². The van der Waals surface area contributed by atoms with E-state index in [4.69, 9.17) is 0 Å². The molecule has 6 rings (SSSR count). The minimum Gasteiger partial charge on any atom is -0.347 e. The first kappa shape index (κ1) is 21.3. The topological polar surface area (TPSA) is 52.2 Å². The van der Waals surface area contributed by atoms with E-state index >= 15 is 0 Å². The number of benzene rings is 4. The molecule has 5 heteroatoms.